The fraction of sp³-hybridized carbons (Fsp3) is 0.417. The predicted octanol–water partition coefficient (Wildman–Crippen LogP) is 1.07. The van der Waals surface area contributed by atoms with E-state index in [-0.39, 0.29) is 6.04 Å². The van der Waals surface area contributed by atoms with Crippen molar-refractivity contribution in [3.63, 3.8) is 0 Å². The lowest BCUT2D eigenvalue weighted by atomic mass is 10.0. The van der Waals surface area contributed by atoms with Crippen molar-refractivity contribution in [2.45, 2.75) is 26.3 Å². The Morgan fingerprint density at radius 1 is 1.35 bits per heavy atom. The van der Waals surface area contributed by atoms with Crippen LogP contribution in [0.15, 0.2) is 18.6 Å². The Labute approximate surface area is 101 Å². The minimum atomic E-state index is -0.134. The molecular weight excluding hydrogens is 214 g/mol. The molecule has 0 aliphatic rings. The van der Waals surface area contributed by atoms with Gasteiger partial charge in [-0.3, -0.25) is 14.6 Å². The highest BCUT2D eigenvalue weighted by atomic mass is 15.3. The van der Waals surface area contributed by atoms with Crippen LogP contribution in [-0.4, -0.2) is 19.7 Å². The molecule has 0 bridgehead atoms. The molecule has 0 fully saturated rings. The fourth-order valence-electron chi connectivity index (χ4n) is 1.94. The number of aromatic nitrogens is 4. The molecule has 5 heteroatoms. The Kier molecular flexibility index (Phi) is 3.19. The van der Waals surface area contributed by atoms with Crippen molar-refractivity contribution in [2.24, 2.45) is 12.8 Å². The molecule has 90 valence electrons. The second-order valence-electron chi connectivity index (χ2n) is 4.21. The van der Waals surface area contributed by atoms with Crippen molar-refractivity contribution in [3.05, 3.63) is 41.2 Å². The number of nitrogens with two attached hydrogens (primary N) is 1. The average molecular weight is 231 g/mol. The summed E-state index contributed by atoms with van der Waals surface area (Å²) < 4.78 is 1.88. The van der Waals surface area contributed by atoms with Crippen LogP contribution in [0.2, 0.25) is 0 Å². The molecule has 2 heterocycles. The first kappa shape index (κ1) is 11.7. The Morgan fingerprint density at radius 3 is 2.65 bits per heavy atom. The molecule has 5 nitrogen and oxygen atoms in total. The minimum Gasteiger partial charge on any atom is -0.322 e. The predicted molar refractivity (Wildman–Crippen MR) is 65.3 cm³/mol. The third kappa shape index (κ3) is 2.34. The van der Waals surface area contributed by atoms with Crippen molar-refractivity contribution in [3.8, 4) is 0 Å². The van der Waals surface area contributed by atoms with E-state index < -0.39 is 0 Å². The zero-order valence-corrected chi connectivity index (χ0v) is 10.4. The summed E-state index contributed by atoms with van der Waals surface area (Å²) in [6, 6.07) is -0.134. The van der Waals surface area contributed by atoms with Gasteiger partial charge in [-0.2, -0.15) is 5.10 Å². The average Bonchev–Trinajstić information content (AvgIpc) is 2.57. The maximum absolute atomic E-state index is 6.13. The number of hydrogen-bond acceptors (Lipinski definition) is 4. The van der Waals surface area contributed by atoms with Gasteiger partial charge in [0.05, 0.1) is 17.4 Å². The molecule has 1 atom stereocenters. The first-order valence-corrected chi connectivity index (χ1v) is 5.60. The maximum Gasteiger partial charge on any atom is 0.0757 e. The van der Waals surface area contributed by atoms with E-state index in [2.05, 4.69) is 22.0 Å². The summed E-state index contributed by atoms with van der Waals surface area (Å²) in [5, 5.41) is 4.38. The summed E-state index contributed by atoms with van der Waals surface area (Å²) in [6.07, 6.45) is 5.77. The fourth-order valence-corrected chi connectivity index (χ4v) is 1.94. The molecule has 2 aromatic heterocycles. The summed E-state index contributed by atoms with van der Waals surface area (Å²) >= 11 is 0. The molecule has 0 aliphatic heterocycles. The molecule has 0 radical (unpaired) electrons. The topological polar surface area (TPSA) is 69.6 Å². The summed E-state index contributed by atoms with van der Waals surface area (Å²) in [6.45, 7) is 4.06. The van der Waals surface area contributed by atoms with E-state index in [1.807, 2.05) is 18.7 Å². The number of hydrogen-bond donors (Lipinski definition) is 1. The quantitative estimate of drug-likeness (QED) is 0.857. The molecule has 0 saturated heterocycles. The van der Waals surface area contributed by atoms with E-state index in [0.717, 1.165) is 23.5 Å². The van der Waals surface area contributed by atoms with E-state index >= 15 is 0 Å². The van der Waals surface area contributed by atoms with Gasteiger partial charge in [-0.05, 0) is 25.8 Å². The van der Waals surface area contributed by atoms with Crippen molar-refractivity contribution < 1.29 is 0 Å². The normalized spacial score (nSPS) is 12.7. The molecule has 1 unspecified atom stereocenters. The molecule has 0 aromatic carbocycles. The van der Waals surface area contributed by atoms with E-state index in [0.29, 0.717) is 0 Å². The monoisotopic (exact) mass is 231 g/mol. The van der Waals surface area contributed by atoms with Gasteiger partial charge < -0.3 is 5.73 Å². The molecule has 2 rings (SSSR count). The Morgan fingerprint density at radius 2 is 2.12 bits per heavy atom. The lowest BCUT2D eigenvalue weighted by Gasteiger charge is -2.10. The molecular formula is C12H17N5. The summed E-state index contributed by atoms with van der Waals surface area (Å²) in [5.41, 5.74) is 10.3. The first-order chi connectivity index (χ1) is 8.09. The van der Waals surface area contributed by atoms with Crippen LogP contribution in [0.3, 0.4) is 0 Å². The third-order valence-corrected chi connectivity index (χ3v) is 3.05. The van der Waals surface area contributed by atoms with E-state index in [1.165, 1.54) is 5.56 Å². The maximum atomic E-state index is 6.13. The SMILES string of the molecule is Cc1nn(C)c(C)c1CC(N)c1cnccn1. The van der Waals surface area contributed by atoms with Crippen molar-refractivity contribution in [1.82, 2.24) is 19.7 Å². The Balaban J connectivity index is 2.22. The van der Waals surface area contributed by atoms with Gasteiger partial charge in [0.1, 0.15) is 0 Å². The van der Waals surface area contributed by atoms with Crippen LogP contribution in [0, 0.1) is 13.8 Å². The molecule has 2 aromatic rings. The molecule has 0 aliphatic carbocycles. The Hall–Kier alpha value is -1.75. The van der Waals surface area contributed by atoms with Crippen LogP contribution in [-0.2, 0) is 13.5 Å². The number of rotatable bonds is 3. The standard InChI is InChI=1S/C12H17N5/c1-8-10(9(2)17(3)16-8)6-11(13)12-7-14-4-5-15-12/h4-5,7,11H,6,13H2,1-3H3. The van der Waals surface area contributed by atoms with Crippen LogP contribution >= 0.6 is 0 Å². The highest BCUT2D eigenvalue weighted by molar-refractivity contribution is 5.26. The van der Waals surface area contributed by atoms with E-state index in [9.17, 15) is 0 Å². The molecule has 0 saturated carbocycles. The van der Waals surface area contributed by atoms with Crippen molar-refractivity contribution >= 4 is 0 Å². The van der Waals surface area contributed by atoms with Crippen LogP contribution in [0.4, 0.5) is 0 Å². The van der Waals surface area contributed by atoms with Gasteiger partial charge in [0.15, 0.2) is 0 Å². The van der Waals surface area contributed by atoms with Crippen molar-refractivity contribution in [2.75, 3.05) is 0 Å². The summed E-state index contributed by atoms with van der Waals surface area (Å²) in [7, 11) is 1.94. The molecule has 17 heavy (non-hydrogen) atoms. The zero-order chi connectivity index (χ0) is 12.4. The summed E-state index contributed by atoms with van der Waals surface area (Å²) in [5.74, 6) is 0. The molecule has 2 N–H and O–H groups in total. The molecule has 0 amide bonds. The van der Waals surface area contributed by atoms with Gasteiger partial charge in [0, 0.05) is 31.3 Å². The lowest BCUT2D eigenvalue weighted by molar-refractivity contribution is 0.682. The van der Waals surface area contributed by atoms with Crippen LogP contribution in [0.25, 0.3) is 0 Å². The summed E-state index contributed by atoms with van der Waals surface area (Å²) in [4.78, 5) is 8.26. The Bertz CT molecular complexity index is 503. The van der Waals surface area contributed by atoms with Gasteiger partial charge >= 0.3 is 0 Å². The van der Waals surface area contributed by atoms with Gasteiger partial charge in [-0.15, -0.1) is 0 Å². The van der Waals surface area contributed by atoms with Crippen molar-refractivity contribution in [1.29, 1.82) is 0 Å². The largest absolute Gasteiger partial charge is 0.322 e. The van der Waals surface area contributed by atoms with Crippen LogP contribution < -0.4 is 5.73 Å². The van der Waals surface area contributed by atoms with Gasteiger partial charge in [-0.25, -0.2) is 0 Å². The third-order valence-electron chi connectivity index (χ3n) is 3.05. The van der Waals surface area contributed by atoms with E-state index in [1.54, 1.807) is 18.6 Å². The highest BCUT2D eigenvalue weighted by Crippen LogP contribution is 2.19. The second kappa shape index (κ2) is 4.63. The van der Waals surface area contributed by atoms with E-state index in [4.69, 9.17) is 5.73 Å². The smallest absolute Gasteiger partial charge is 0.0757 e. The van der Waals surface area contributed by atoms with Gasteiger partial charge in [0.25, 0.3) is 0 Å². The lowest BCUT2D eigenvalue weighted by Crippen LogP contribution is -2.16. The zero-order valence-electron chi connectivity index (χ0n) is 10.4. The number of nitrogens with zero attached hydrogens (tertiary/aromatic N) is 4. The van der Waals surface area contributed by atoms with Gasteiger partial charge in [0.2, 0.25) is 0 Å². The molecule has 0 spiro atoms. The first-order valence-electron chi connectivity index (χ1n) is 5.60. The second-order valence-corrected chi connectivity index (χ2v) is 4.21. The minimum absolute atomic E-state index is 0.134. The van der Waals surface area contributed by atoms with Crippen LogP contribution in [0.1, 0.15) is 28.7 Å². The highest BCUT2D eigenvalue weighted by Gasteiger charge is 2.15. The van der Waals surface area contributed by atoms with Crippen LogP contribution in [0.5, 0.6) is 0 Å². The number of aryl methyl sites for hydroxylation is 2. The van der Waals surface area contributed by atoms with Gasteiger partial charge in [-0.1, -0.05) is 0 Å².